The predicted molar refractivity (Wildman–Crippen MR) is 98.6 cm³/mol. The first kappa shape index (κ1) is 18.3. The Kier molecular flexibility index (Phi) is 6.64. The van der Waals surface area contributed by atoms with Gasteiger partial charge in [-0.05, 0) is 41.7 Å². The van der Waals surface area contributed by atoms with Gasteiger partial charge in [0.05, 0.1) is 6.10 Å². The maximum atomic E-state index is 12.2. The molecular formula is C19H23ClN2O2. The number of carbonyl (C=O) groups excluding carboxylic acids is 1. The van der Waals surface area contributed by atoms with Gasteiger partial charge in [-0.1, -0.05) is 55.8 Å². The number of urea groups is 1. The van der Waals surface area contributed by atoms with Gasteiger partial charge in [-0.3, -0.25) is 0 Å². The molecule has 0 aromatic heterocycles. The van der Waals surface area contributed by atoms with Gasteiger partial charge in [0.1, 0.15) is 0 Å². The minimum absolute atomic E-state index is 0.113. The summed E-state index contributed by atoms with van der Waals surface area (Å²) in [5.74, 6) is 0. The van der Waals surface area contributed by atoms with Gasteiger partial charge in [0.15, 0.2) is 0 Å². The lowest BCUT2D eigenvalue weighted by Gasteiger charge is -2.16. The van der Waals surface area contributed by atoms with E-state index >= 15 is 0 Å². The molecular weight excluding hydrogens is 324 g/mol. The molecule has 0 saturated heterocycles. The van der Waals surface area contributed by atoms with E-state index in [2.05, 4.69) is 24.5 Å². The highest BCUT2D eigenvalue weighted by atomic mass is 35.5. The molecule has 0 saturated carbocycles. The number of halogens is 1. The van der Waals surface area contributed by atoms with E-state index in [0.29, 0.717) is 10.6 Å². The van der Waals surface area contributed by atoms with E-state index in [1.165, 1.54) is 0 Å². The average Bonchev–Trinajstić information content (AvgIpc) is 2.59. The normalized spacial score (nSPS) is 11.8. The molecule has 0 heterocycles. The van der Waals surface area contributed by atoms with Crippen molar-refractivity contribution in [3.8, 4) is 0 Å². The summed E-state index contributed by atoms with van der Waals surface area (Å²) in [5.41, 5.74) is 3.73. The highest BCUT2D eigenvalue weighted by Gasteiger charge is 2.12. The molecule has 5 heteroatoms. The second-order valence-corrected chi connectivity index (χ2v) is 6.00. The van der Waals surface area contributed by atoms with Gasteiger partial charge in [0, 0.05) is 17.3 Å². The van der Waals surface area contributed by atoms with Crippen LogP contribution in [0.4, 0.5) is 10.5 Å². The van der Waals surface area contributed by atoms with Crippen molar-refractivity contribution >= 4 is 23.3 Å². The number of anilines is 1. The molecule has 3 N–H and O–H groups in total. The lowest BCUT2D eigenvalue weighted by molar-refractivity contribution is 0.175. The maximum Gasteiger partial charge on any atom is 0.319 e. The second-order valence-electron chi connectivity index (χ2n) is 5.56. The number of aryl methyl sites for hydroxylation is 2. The lowest BCUT2D eigenvalue weighted by Crippen LogP contribution is -2.33. The highest BCUT2D eigenvalue weighted by molar-refractivity contribution is 6.30. The third kappa shape index (κ3) is 4.73. The van der Waals surface area contributed by atoms with E-state index < -0.39 is 6.10 Å². The zero-order chi connectivity index (χ0) is 17.5. The van der Waals surface area contributed by atoms with Crippen LogP contribution in [-0.2, 0) is 12.8 Å². The molecule has 2 aromatic carbocycles. The van der Waals surface area contributed by atoms with Crippen molar-refractivity contribution in [2.45, 2.75) is 32.8 Å². The second kappa shape index (κ2) is 8.71. The van der Waals surface area contributed by atoms with E-state index in [4.69, 9.17) is 11.6 Å². The Labute approximate surface area is 147 Å². The Morgan fingerprint density at radius 2 is 1.75 bits per heavy atom. The maximum absolute atomic E-state index is 12.2. The fourth-order valence-corrected chi connectivity index (χ4v) is 2.78. The van der Waals surface area contributed by atoms with Gasteiger partial charge in [-0.15, -0.1) is 0 Å². The summed E-state index contributed by atoms with van der Waals surface area (Å²) in [6, 6.07) is 12.7. The summed E-state index contributed by atoms with van der Waals surface area (Å²) in [5, 5.41) is 16.3. The summed E-state index contributed by atoms with van der Waals surface area (Å²) in [4.78, 5) is 12.2. The molecule has 0 aliphatic heterocycles. The van der Waals surface area contributed by atoms with E-state index in [9.17, 15) is 9.90 Å². The first-order valence-electron chi connectivity index (χ1n) is 8.14. The monoisotopic (exact) mass is 346 g/mol. The van der Waals surface area contributed by atoms with Crippen LogP contribution < -0.4 is 10.6 Å². The summed E-state index contributed by atoms with van der Waals surface area (Å²) in [6.45, 7) is 4.23. The number of hydrogen-bond acceptors (Lipinski definition) is 2. The van der Waals surface area contributed by atoms with E-state index in [-0.39, 0.29) is 12.6 Å². The largest absolute Gasteiger partial charge is 0.387 e. The van der Waals surface area contributed by atoms with Crippen molar-refractivity contribution < 1.29 is 9.90 Å². The molecule has 2 amide bonds. The third-order valence-corrected chi connectivity index (χ3v) is 4.16. The van der Waals surface area contributed by atoms with Crippen molar-refractivity contribution in [2.75, 3.05) is 11.9 Å². The standard InChI is InChI=1S/C19H23ClN2O2/c1-3-13-7-5-8-14(4-2)18(13)22-19(24)21-12-17(23)15-9-6-10-16(20)11-15/h5-11,17,23H,3-4,12H2,1-2H3,(H2,21,22,24)/t17-/m1/s1. The summed E-state index contributed by atoms with van der Waals surface area (Å²) < 4.78 is 0. The molecule has 0 aliphatic carbocycles. The Morgan fingerprint density at radius 1 is 1.12 bits per heavy atom. The first-order chi connectivity index (χ1) is 11.5. The zero-order valence-corrected chi connectivity index (χ0v) is 14.7. The average molecular weight is 347 g/mol. The van der Waals surface area contributed by atoms with Gasteiger partial charge in [0.25, 0.3) is 0 Å². The Morgan fingerprint density at radius 3 is 2.33 bits per heavy atom. The summed E-state index contributed by atoms with van der Waals surface area (Å²) in [6.07, 6.45) is 0.880. The molecule has 0 bridgehead atoms. The number of para-hydroxylation sites is 1. The molecule has 24 heavy (non-hydrogen) atoms. The number of aliphatic hydroxyl groups excluding tert-OH is 1. The minimum Gasteiger partial charge on any atom is -0.387 e. The molecule has 0 aliphatic rings. The quantitative estimate of drug-likeness (QED) is 0.729. The van der Waals surface area contributed by atoms with E-state index in [0.717, 1.165) is 29.7 Å². The zero-order valence-electron chi connectivity index (χ0n) is 14.0. The van der Waals surface area contributed by atoms with Crippen LogP contribution in [0, 0.1) is 0 Å². The molecule has 0 spiro atoms. The summed E-state index contributed by atoms with van der Waals surface area (Å²) in [7, 11) is 0. The molecule has 0 radical (unpaired) electrons. The smallest absolute Gasteiger partial charge is 0.319 e. The lowest BCUT2D eigenvalue weighted by atomic mass is 10.0. The molecule has 2 rings (SSSR count). The van der Waals surface area contributed by atoms with Crippen LogP contribution in [0.25, 0.3) is 0 Å². The van der Waals surface area contributed by atoms with Gasteiger partial charge in [-0.25, -0.2) is 4.79 Å². The van der Waals surface area contributed by atoms with Crippen LogP contribution in [-0.4, -0.2) is 17.7 Å². The number of amides is 2. The van der Waals surface area contributed by atoms with Crippen molar-refractivity contribution in [1.29, 1.82) is 0 Å². The molecule has 0 unspecified atom stereocenters. The molecule has 0 fully saturated rings. The van der Waals surface area contributed by atoms with Crippen LogP contribution in [0.2, 0.25) is 5.02 Å². The number of nitrogens with one attached hydrogen (secondary N) is 2. The van der Waals surface area contributed by atoms with Crippen LogP contribution in [0.15, 0.2) is 42.5 Å². The van der Waals surface area contributed by atoms with Gasteiger partial charge < -0.3 is 15.7 Å². The Bertz CT molecular complexity index is 681. The van der Waals surface area contributed by atoms with Gasteiger partial charge in [-0.2, -0.15) is 0 Å². The minimum atomic E-state index is -0.804. The van der Waals surface area contributed by atoms with Gasteiger partial charge in [0.2, 0.25) is 0 Å². The van der Waals surface area contributed by atoms with Crippen molar-refractivity contribution in [3.63, 3.8) is 0 Å². The fourth-order valence-electron chi connectivity index (χ4n) is 2.58. The fraction of sp³-hybridized carbons (Fsp3) is 0.316. The predicted octanol–water partition coefficient (Wildman–Crippen LogP) is 4.32. The Balaban J connectivity index is 1.99. The van der Waals surface area contributed by atoms with Crippen LogP contribution >= 0.6 is 11.6 Å². The van der Waals surface area contributed by atoms with Crippen molar-refractivity contribution in [3.05, 3.63) is 64.2 Å². The first-order valence-corrected chi connectivity index (χ1v) is 8.52. The van der Waals surface area contributed by atoms with Crippen molar-refractivity contribution in [2.24, 2.45) is 0 Å². The van der Waals surface area contributed by atoms with E-state index in [1.807, 2.05) is 18.2 Å². The van der Waals surface area contributed by atoms with Crippen molar-refractivity contribution in [1.82, 2.24) is 5.32 Å². The van der Waals surface area contributed by atoms with E-state index in [1.54, 1.807) is 24.3 Å². The van der Waals surface area contributed by atoms with Gasteiger partial charge >= 0.3 is 6.03 Å². The number of carbonyl (C=O) groups is 1. The molecule has 1 atom stereocenters. The number of benzene rings is 2. The Hall–Kier alpha value is -2.04. The molecule has 128 valence electrons. The number of hydrogen-bond donors (Lipinski definition) is 3. The third-order valence-electron chi connectivity index (χ3n) is 3.93. The topological polar surface area (TPSA) is 61.4 Å². The van der Waals surface area contributed by atoms with Crippen LogP contribution in [0.3, 0.4) is 0 Å². The SMILES string of the molecule is CCc1cccc(CC)c1NC(=O)NC[C@@H](O)c1cccc(Cl)c1. The molecule has 2 aromatic rings. The number of aliphatic hydroxyl groups is 1. The van der Waals surface area contributed by atoms with Crippen LogP contribution in [0.1, 0.15) is 36.6 Å². The summed E-state index contributed by atoms with van der Waals surface area (Å²) >= 11 is 5.91. The molecule has 4 nitrogen and oxygen atoms in total. The van der Waals surface area contributed by atoms with Crippen LogP contribution in [0.5, 0.6) is 0 Å². The number of rotatable bonds is 6. The highest BCUT2D eigenvalue weighted by Crippen LogP contribution is 2.22.